The number of fused-ring (bicyclic) bond motifs is 2. The van der Waals surface area contributed by atoms with Crippen LogP contribution in [0.3, 0.4) is 0 Å². The Balaban J connectivity index is 1.76. The zero-order valence-electron chi connectivity index (χ0n) is 18.2. The summed E-state index contributed by atoms with van der Waals surface area (Å²) in [5.74, 6) is -2.54. The summed E-state index contributed by atoms with van der Waals surface area (Å²) in [6, 6.07) is 6.59. The first-order chi connectivity index (χ1) is 16.3. The first-order valence-corrected chi connectivity index (χ1v) is 12.7. The fraction of sp³-hybridized carbons (Fsp3) is 0.182. The fourth-order valence-corrected chi connectivity index (χ4v) is 8.82. The van der Waals surface area contributed by atoms with Crippen LogP contribution in [0.1, 0.15) is 41.4 Å². The first kappa shape index (κ1) is 24.6. The predicted octanol–water partition coefficient (Wildman–Crippen LogP) is 5.06. The number of carbonyl (C=O) groups excluding carboxylic acids is 4. The molecule has 2 aromatic carbocycles. The molecule has 2 aliphatic heterocycles. The minimum Gasteiger partial charge on any atom is -0.465 e. The van der Waals surface area contributed by atoms with E-state index in [4.69, 9.17) is 18.9 Å². The Morgan fingerprint density at radius 1 is 0.529 bits per heavy atom. The van der Waals surface area contributed by atoms with Gasteiger partial charge in [0.15, 0.2) is 0 Å². The zero-order chi connectivity index (χ0) is 24.6. The van der Waals surface area contributed by atoms with Crippen molar-refractivity contribution in [2.45, 2.75) is 19.6 Å². The molecular formula is C22H16O8S4. The maximum atomic E-state index is 12.5. The number of thioether (sulfide) groups is 4. The van der Waals surface area contributed by atoms with Crippen LogP contribution >= 0.6 is 47.0 Å². The van der Waals surface area contributed by atoms with E-state index in [1.807, 2.05) is 0 Å². The van der Waals surface area contributed by atoms with Crippen molar-refractivity contribution in [1.82, 2.24) is 0 Å². The van der Waals surface area contributed by atoms with Gasteiger partial charge in [0.25, 0.3) is 0 Å². The normalized spacial score (nSPS) is 15.9. The zero-order valence-corrected chi connectivity index (χ0v) is 21.5. The third-order valence-corrected chi connectivity index (χ3v) is 10.5. The van der Waals surface area contributed by atoms with E-state index in [0.29, 0.717) is 9.79 Å². The van der Waals surface area contributed by atoms with Gasteiger partial charge in [-0.2, -0.15) is 0 Å². The summed E-state index contributed by atoms with van der Waals surface area (Å²) in [4.78, 5) is 52.3. The lowest BCUT2D eigenvalue weighted by molar-refractivity contribution is 0.0551. The molecule has 0 fully saturated rings. The first-order valence-electron chi connectivity index (χ1n) is 9.47. The minimum atomic E-state index is -0.637. The van der Waals surface area contributed by atoms with E-state index in [9.17, 15) is 19.2 Å². The van der Waals surface area contributed by atoms with Gasteiger partial charge < -0.3 is 18.9 Å². The van der Waals surface area contributed by atoms with Crippen molar-refractivity contribution in [3.8, 4) is 0 Å². The number of rotatable bonds is 4. The molecular weight excluding hydrogens is 521 g/mol. The summed E-state index contributed by atoms with van der Waals surface area (Å²) in [6.45, 7) is 0. The average molecular weight is 537 g/mol. The molecule has 12 heteroatoms. The Morgan fingerprint density at radius 3 is 1.21 bits per heavy atom. The van der Waals surface area contributed by atoms with E-state index in [1.54, 1.807) is 24.3 Å². The van der Waals surface area contributed by atoms with Crippen LogP contribution in [0.4, 0.5) is 0 Å². The predicted molar refractivity (Wildman–Crippen MR) is 129 cm³/mol. The Labute approximate surface area is 211 Å². The Morgan fingerprint density at radius 2 is 0.882 bits per heavy atom. The van der Waals surface area contributed by atoms with Crippen molar-refractivity contribution < 1.29 is 38.1 Å². The second-order valence-electron chi connectivity index (χ2n) is 6.58. The number of methoxy groups -OCH3 is 4. The number of hydrogen-bond acceptors (Lipinski definition) is 12. The van der Waals surface area contributed by atoms with Crippen molar-refractivity contribution >= 4 is 70.9 Å². The van der Waals surface area contributed by atoms with Crippen molar-refractivity contribution in [2.24, 2.45) is 0 Å². The van der Waals surface area contributed by atoms with E-state index >= 15 is 0 Å². The van der Waals surface area contributed by atoms with E-state index in [-0.39, 0.29) is 22.3 Å². The van der Waals surface area contributed by atoms with Gasteiger partial charge in [-0.05, 0) is 24.3 Å². The Bertz CT molecular complexity index is 1190. The number of hydrogen-bond donors (Lipinski definition) is 0. The number of carbonyl (C=O) groups is 4. The number of esters is 4. The highest BCUT2D eigenvalue weighted by molar-refractivity contribution is 8.30. The van der Waals surface area contributed by atoms with Gasteiger partial charge in [-0.25, -0.2) is 19.2 Å². The lowest BCUT2D eigenvalue weighted by atomic mass is 10.1. The molecule has 2 heterocycles. The van der Waals surface area contributed by atoms with Crippen LogP contribution in [-0.2, 0) is 18.9 Å². The Kier molecular flexibility index (Phi) is 7.22. The second kappa shape index (κ2) is 9.98. The van der Waals surface area contributed by atoms with Gasteiger partial charge in [0.2, 0.25) is 0 Å². The third-order valence-electron chi connectivity index (χ3n) is 4.79. The molecule has 0 saturated carbocycles. The van der Waals surface area contributed by atoms with Gasteiger partial charge in [0, 0.05) is 19.6 Å². The summed E-state index contributed by atoms with van der Waals surface area (Å²) < 4.78 is 21.2. The molecule has 0 N–H and O–H groups in total. The molecule has 4 rings (SSSR count). The molecule has 0 radical (unpaired) electrons. The molecule has 2 aromatic rings. The maximum Gasteiger partial charge on any atom is 0.339 e. The summed E-state index contributed by atoms with van der Waals surface area (Å²) in [5, 5.41) is 0. The lowest BCUT2D eigenvalue weighted by Crippen LogP contribution is -2.13. The third kappa shape index (κ3) is 4.19. The Hall–Kier alpha value is -2.54. The standard InChI is InChI=1S/C22H16O8S4/c1-27-17(23)9-5-7-11-15(13(9)19(25)29-3)33-21(31-11)22-32-12-8-6-10(18(24)28-2)14(16(12)34-22)20(26)30-4/h5-8H,1-4H3/b22-21-. The molecule has 0 aliphatic carbocycles. The van der Waals surface area contributed by atoms with Gasteiger partial charge >= 0.3 is 23.9 Å². The highest BCUT2D eigenvalue weighted by Crippen LogP contribution is 2.62. The van der Waals surface area contributed by atoms with Crippen molar-refractivity contribution in [2.75, 3.05) is 28.4 Å². The molecule has 2 aliphatic rings. The van der Waals surface area contributed by atoms with Gasteiger partial charge in [0.05, 0.1) is 59.2 Å². The molecule has 176 valence electrons. The van der Waals surface area contributed by atoms with Crippen LogP contribution in [0.5, 0.6) is 0 Å². The van der Waals surface area contributed by atoms with E-state index in [0.717, 1.165) is 18.3 Å². The van der Waals surface area contributed by atoms with Gasteiger partial charge in [-0.3, -0.25) is 0 Å². The molecule has 0 aromatic heterocycles. The number of benzene rings is 2. The monoisotopic (exact) mass is 536 g/mol. The molecule has 0 unspecified atom stereocenters. The smallest absolute Gasteiger partial charge is 0.339 e. The number of ether oxygens (including phenoxy) is 4. The van der Waals surface area contributed by atoms with Crippen LogP contribution in [0.25, 0.3) is 0 Å². The lowest BCUT2D eigenvalue weighted by Gasteiger charge is -2.10. The van der Waals surface area contributed by atoms with Crippen LogP contribution < -0.4 is 0 Å². The molecule has 34 heavy (non-hydrogen) atoms. The maximum absolute atomic E-state index is 12.5. The fourth-order valence-electron chi connectivity index (χ4n) is 3.25. The average Bonchev–Trinajstić information content (AvgIpc) is 3.49. The highest BCUT2D eigenvalue weighted by atomic mass is 32.2. The molecule has 0 bridgehead atoms. The largest absolute Gasteiger partial charge is 0.465 e. The van der Waals surface area contributed by atoms with E-state index < -0.39 is 23.9 Å². The van der Waals surface area contributed by atoms with Crippen molar-refractivity contribution in [3.63, 3.8) is 0 Å². The second-order valence-corrected chi connectivity index (χ2v) is 11.2. The van der Waals surface area contributed by atoms with E-state index in [2.05, 4.69) is 0 Å². The van der Waals surface area contributed by atoms with Crippen LogP contribution in [-0.4, -0.2) is 52.3 Å². The molecule has 0 saturated heterocycles. The van der Waals surface area contributed by atoms with Crippen molar-refractivity contribution in [3.05, 3.63) is 55.0 Å². The SMILES string of the molecule is COC(=O)c1ccc2c(c1C(=O)OC)S/C(=C1/Sc3ccc(C(=O)OC)c(C(=O)OC)c3S1)S2. The quantitative estimate of drug-likeness (QED) is 0.385. The van der Waals surface area contributed by atoms with E-state index in [1.165, 1.54) is 75.5 Å². The topological polar surface area (TPSA) is 105 Å². The van der Waals surface area contributed by atoms with Crippen LogP contribution in [0.2, 0.25) is 0 Å². The summed E-state index contributed by atoms with van der Waals surface area (Å²) in [5.41, 5.74) is 0.540. The molecule has 0 spiro atoms. The molecule has 0 atom stereocenters. The molecule has 0 amide bonds. The van der Waals surface area contributed by atoms with Crippen molar-refractivity contribution in [1.29, 1.82) is 0 Å². The molecule has 8 nitrogen and oxygen atoms in total. The van der Waals surface area contributed by atoms with Gasteiger partial charge in [0.1, 0.15) is 0 Å². The summed E-state index contributed by atoms with van der Waals surface area (Å²) in [6.07, 6.45) is 0. The highest BCUT2D eigenvalue weighted by Gasteiger charge is 2.35. The summed E-state index contributed by atoms with van der Waals surface area (Å²) >= 11 is 5.56. The minimum absolute atomic E-state index is 0.123. The van der Waals surface area contributed by atoms with Crippen LogP contribution in [0, 0.1) is 0 Å². The van der Waals surface area contributed by atoms with Crippen LogP contribution in [0.15, 0.2) is 52.3 Å². The van der Waals surface area contributed by atoms with Gasteiger partial charge in [-0.15, -0.1) is 0 Å². The summed E-state index contributed by atoms with van der Waals surface area (Å²) in [7, 11) is 5.00. The van der Waals surface area contributed by atoms with Gasteiger partial charge in [-0.1, -0.05) is 47.0 Å².